The van der Waals surface area contributed by atoms with Crippen molar-refractivity contribution in [3.8, 4) is 23.0 Å². The maximum Gasteiger partial charge on any atom is 0.422 e. The summed E-state index contributed by atoms with van der Waals surface area (Å²) in [5.74, 6) is -4.94. The lowest BCUT2D eigenvalue weighted by atomic mass is 10.0. The lowest BCUT2D eigenvalue weighted by Crippen LogP contribution is -2.25. The molecule has 2 aromatic rings. The Labute approximate surface area is 150 Å². The fourth-order valence-electron chi connectivity index (χ4n) is 2.10. The molecule has 0 fully saturated rings. The number of hydrogen-bond donors (Lipinski definition) is 2. The molecule has 0 atom stereocenters. The van der Waals surface area contributed by atoms with Crippen LogP contribution in [-0.2, 0) is 16.0 Å². The fraction of sp³-hybridized carbons (Fsp3) is 0.312. The van der Waals surface area contributed by atoms with Crippen molar-refractivity contribution < 1.29 is 46.9 Å². The minimum Gasteiger partial charge on any atom is -0.493 e. The predicted molar refractivity (Wildman–Crippen MR) is 82.5 cm³/mol. The smallest absolute Gasteiger partial charge is 0.422 e. The number of ether oxygens (including phenoxy) is 2. The van der Waals surface area contributed by atoms with Gasteiger partial charge >= 0.3 is 18.1 Å². The molecule has 0 radical (unpaired) electrons. The Balaban J connectivity index is 2.24. The number of carboxylic acids is 2. The molecule has 27 heavy (non-hydrogen) atoms. The van der Waals surface area contributed by atoms with Gasteiger partial charge in [0, 0.05) is 12.0 Å². The minimum absolute atomic E-state index is 0.0426. The molecule has 1 aromatic carbocycles. The van der Waals surface area contributed by atoms with Crippen molar-refractivity contribution in [1.29, 1.82) is 0 Å². The van der Waals surface area contributed by atoms with Gasteiger partial charge in [-0.1, -0.05) is 0 Å². The first-order valence-corrected chi connectivity index (χ1v) is 7.38. The van der Waals surface area contributed by atoms with Gasteiger partial charge < -0.3 is 24.1 Å². The Morgan fingerprint density at radius 1 is 1.22 bits per heavy atom. The van der Waals surface area contributed by atoms with Gasteiger partial charge in [-0.2, -0.15) is 13.2 Å². The van der Waals surface area contributed by atoms with E-state index in [0.717, 1.165) is 6.26 Å². The zero-order valence-corrected chi connectivity index (χ0v) is 13.8. The number of methoxy groups -OCH3 is 1. The highest BCUT2D eigenvalue weighted by atomic mass is 19.4. The first-order valence-electron chi connectivity index (χ1n) is 7.38. The number of nitrogens with zero attached hydrogens (tertiary/aromatic N) is 1. The quantitative estimate of drug-likeness (QED) is 0.662. The van der Waals surface area contributed by atoms with Crippen LogP contribution in [0.5, 0.6) is 11.5 Å². The molecule has 8 nitrogen and oxygen atoms in total. The molecule has 0 aliphatic rings. The molecule has 2 rings (SSSR count). The summed E-state index contributed by atoms with van der Waals surface area (Å²) in [7, 11) is 1.26. The van der Waals surface area contributed by atoms with E-state index in [2.05, 4.69) is 4.98 Å². The van der Waals surface area contributed by atoms with Gasteiger partial charge in [-0.3, -0.25) is 9.59 Å². The van der Waals surface area contributed by atoms with E-state index in [4.69, 9.17) is 24.1 Å². The van der Waals surface area contributed by atoms with Crippen LogP contribution in [0.3, 0.4) is 0 Å². The molecule has 0 amide bonds. The molecule has 2 N–H and O–H groups in total. The van der Waals surface area contributed by atoms with Crippen LogP contribution >= 0.6 is 0 Å². The minimum atomic E-state index is -4.54. The lowest BCUT2D eigenvalue weighted by Gasteiger charge is -2.13. The number of oxazole rings is 1. The van der Waals surface area contributed by atoms with Gasteiger partial charge in [0.2, 0.25) is 5.89 Å². The van der Waals surface area contributed by atoms with E-state index in [1.165, 1.54) is 25.3 Å². The topological polar surface area (TPSA) is 119 Å². The zero-order chi connectivity index (χ0) is 20.2. The molecular formula is C16H14F3NO7. The van der Waals surface area contributed by atoms with Crippen LogP contribution in [0.2, 0.25) is 0 Å². The molecule has 0 aliphatic carbocycles. The Bertz CT molecular complexity index is 818. The van der Waals surface area contributed by atoms with Gasteiger partial charge in [0.05, 0.1) is 12.8 Å². The van der Waals surface area contributed by atoms with Crippen molar-refractivity contribution in [2.75, 3.05) is 13.7 Å². The number of alkyl halides is 3. The summed E-state index contributed by atoms with van der Waals surface area (Å²) in [4.78, 5) is 25.8. The predicted octanol–water partition coefficient (Wildman–Crippen LogP) is 2.62. The van der Waals surface area contributed by atoms with Crippen molar-refractivity contribution in [3.63, 3.8) is 0 Å². The van der Waals surface area contributed by atoms with Crippen molar-refractivity contribution in [2.24, 2.45) is 5.92 Å². The lowest BCUT2D eigenvalue weighted by molar-refractivity contribution is -0.155. The Morgan fingerprint density at radius 2 is 1.89 bits per heavy atom. The molecule has 0 saturated carbocycles. The first kappa shape index (κ1) is 20.1. The number of carbonyl (C=O) groups is 2. The Kier molecular flexibility index (Phi) is 5.93. The van der Waals surface area contributed by atoms with E-state index in [9.17, 15) is 22.8 Å². The van der Waals surface area contributed by atoms with Crippen LogP contribution < -0.4 is 9.47 Å². The van der Waals surface area contributed by atoms with Crippen LogP contribution in [0, 0.1) is 5.92 Å². The van der Waals surface area contributed by atoms with Crippen molar-refractivity contribution in [3.05, 3.63) is 30.2 Å². The summed E-state index contributed by atoms with van der Waals surface area (Å²) in [6, 6.07) is 4.01. The maximum absolute atomic E-state index is 12.4. The second kappa shape index (κ2) is 7.98. The number of benzene rings is 1. The monoisotopic (exact) mass is 389 g/mol. The van der Waals surface area contributed by atoms with Crippen LogP contribution in [0.15, 0.2) is 28.9 Å². The van der Waals surface area contributed by atoms with E-state index in [1.54, 1.807) is 0 Å². The first-order chi connectivity index (χ1) is 12.6. The van der Waals surface area contributed by atoms with Gasteiger partial charge in [-0.25, -0.2) is 4.98 Å². The second-order valence-corrected chi connectivity index (χ2v) is 5.35. The van der Waals surface area contributed by atoms with Crippen LogP contribution in [0.4, 0.5) is 13.2 Å². The third-order valence-corrected chi connectivity index (χ3v) is 3.36. The Morgan fingerprint density at radius 3 is 2.44 bits per heavy atom. The molecular weight excluding hydrogens is 375 g/mol. The molecule has 0 spiro atoms. The van der Waals surface area contributed by atoms with Crippen LogP contribution in [0.25, 0.3) is 11.5 Å². The summed E-state index contributed by atoms with van der Waals surface area (Å²) >= 11 is 0. The zero-order valence-electron chi connectivity index (χ0n) is 13.8. The largest absolute Gasteiger partial charge is 0.493 e. The van der Waals surface area contributed by atoms with E-state index >= 15 is 0 Å². The third kappa shape index (κ3) is 5.36. The highest BCUT2D eigenvalue weighted by Crippen LogP contribution is 2.33. The number of rotatable bonds is 8. The van der Waals surface area contributed by atoms with Gasteiger partial charge in [0.25, 0.3) is 0 Å². The normalized spacial score (nSPS) is 11.4. The van der Waals surface area contributed by atoms with Crippen molar-refractivity contribution >= 4 is 11.9 Å². The van der Waals surface area contributed by atoms with E-state index in [0.29, 0.717) is 0 Å². The average Bonchev–Trinajstić information content (AvgIpc) is 3.05. The van der Waals surface area contributed by atoms with Gasteiger partial charge in [-0.05, 0) is 18.2 Å². The highest BCUT2D eigenvalue weighted by molar-refractivity contribution is 5.93. The number of aliphatic carboxylic acids is 2. The molecule has 11 heteroatoms. The van der Waals surface area contributed by atoms with Crippen molar-refractivity contribution in [2.45, 2.75) is 12.6 Å². The van der Waals surface area contributed by atoms with E-state index in [1.807, 2.05) is 0 Å². The molecule has 0 unspecified atom stereocenters. The number of aromatic nitrogens is 1. The molecule has 0 saturated heterocycles. The maximum atomic E-state index is 12.4. The van der Waals surface area contributed by atoms with Gasteiger partial charge in [0.15, 0.2) is 24.0 Å². The van der Waals surface area contributed by atoms with Gasteiger partial charge in [-0.15, -0.1) is 0 Å². The molecule has 0 bridgehead atoms. The Hall–Kier alpha value is -3.24. The average molecular weight is 389 g/mol. The van der Waals surface area contributed by atoms with E-state index < -0.39 is 37.1 Å². The molecule has 1 heterocycles. The molecule has 1 aromatic heterocycles. The van der Waals surface area contributed by atoms with Gasteiger partial charge in [0.1, 0.15) is 6.26 Å². The summed E-state index contributed by atoms with van der Waals surface area (Å²) in [6.07, 6.45) is -3.88. The van der Waals surface area contributed by atoms with Crippen molar-refractivity contribution in [1.82, 2.24) is 4.98 Å². The molecule has 0 aliphatic heterocycles. The second-order valence-electron chi connectivity index (χ2n) is 5.35. The summed E-state index contributed by atoms with van der Waals surface area (Å²) in [5.41, 5.74) is 0.301. The number of halogens is 3. The fourth-order valence-corrected chi connectivity index (χ4v) is 2.10. The standard InChI is InChI=1S/C16H14F3NO7/c1-25-11-3-2-8(4-12(11)27-7-16(17,18)19)13-20-9(6-26-13)5-10(14(21)22)15(23)24/h2-4,6,10H,5,7H2,1H3,(H,21,22)(H,23,24). The summed E-state index contributed by atoms with van der Waals surface area (Å²) in [5, 5.41) is 17.8. The number of carboxylic acid groups (broad SMARTS) is 2. The summed E-state index contributed by atoms with van der Waals surface area (Å²) in [6.45, 7) is -1.53. The third-order valence-electron chi connectivity index (χ3n) is 3.36. The van der Waals surface area contributed by atoms with Crippen LogP contribution in [-0.4, -0.2) is 47.0 Å². The number of hydrogen-bond acceptors (Lipinski definition) is 6. The SMILES string of the molecule is COc1ccc(-c2nc(CC(C(=O)O)C(=O)O)co2)cc1OCC(F)(F)F. The highest BCUT2D eigenvalue weighted by Gasteiger charge is 2.29. The van der Waals surface area contributed by atoms with E-state index in [-0.39, 0.29) is 28.6 Å². The van der Waals surface area contributed by atoms with Crippen LogP contribution in [0.1, 0.15) is 5.69 Å². The summed E-state index contributed by atoms with van der Waals surface area (Å²) < 4.78 is 51.9. The molecule has 146 valence electrons.